The van der Waals surface area contributed by atoms with Crippen LogP contribution in [0.3, 0.4) is 0 Å². The second kappa shape index (κ2) is 11.4. The van der Waals surface area contributed by atoms with Gasteiger partial charge < -0.3 is 15.4 Å². The van der Waals surface area contributed by atoms with Crippen LogP contribution in [0.4, 0.5) is 11.5 Å². The lowest BCUT2D eigenvalue weighted by Crippen LogP contribution is -2.47. The minimum absolute atomic E-state index is 0.602. The average molecular weight is 443 g/mol. The van der Waals surface area contributed by atoms with Crippen molar-refractivity contribution in [1.29, 1.82) is 0 Å². The Hall–Kier alpha value is -3.55. The van der Waals surface area contributed by atoms with Crippen molar-refractivity contribution in [2.75, 3.05) is 44.7 Å². The van der Waals surface area contributed by atoms with Crippen LogP contribution in [0.2, 0.25) is 0 Å². The first-order valence-corrected chi connectivity index (χ1v) is 11.1. The molecule has 1 aromatic heterocycles. The lowest BCUT2D eigenvalue weighted by Gasteiger charge is -2.36. The summed E-state index contributed by atoms with van der Waals surface area (Å²) in [5.41, 5.74) is 10.9. The molecule has 7 nitrogen and oxygen atoms in total. The van der Waals surface area contributed by atoms with Gasteiger partial charge in [0.2, 0.25) is 0 Å². The van der Waals surface area contributed by atoms with Crippen molar-refractivity contribution in [1.82, 2.24) is 14.9 Å². The van der Waals surface area contributed by atoms with Crippen molar-refractivity contribution < 1.29 is 4.74 Å². The number of aromatic nitrogens is 2. The molecule has 1 saturated heterocycles. The molecule has 0 amide bonds. The van der Waals surface area contributed by atoms with Crippen molar-refractivity contribution in [3.63, 3.8) is 0 Å². The summed E-state index contributed by atoms with van der Waals surface area (Å²) in [5.74, 6) is 0.928. The molecular weight excluding hydrogens is 412 g/mol. The minimum Gasteiger partial charge on any atom is -0.404 e. The van der Waals surface area contributed by atoms with E-state index < -0.39 is 0 Å². The van der Waals surface area contributed by atoms with E-state index in [9.17, 15) is 0 Å². The average Bonchev–Trinajstić information content (AvgIpc) is 2.88. The number of hydrogen-bond donors (Lipinski definition) is 1. The van der Waals surface area contributed by atoms with Crippen molar-refractivity contribution in [2.45, 2.75) is 6.61 Å². The molecule has 0 atom stereocenters. The Labute approximate surface area is 195 Å². The van der Waals surface area contributed by atoms with Gasteiger partial charge in [-0.05, 0) is 29.5 Å². The number of nitrogens with zero attached hydrogens (tertiary/aromatic N) is 5. The number of ether oxygens (including phenoxy) is 1. The molecular formula is C26H30N6O. The van der Waals surface area contributed by atoms with E-state index in [2.05, 4.69) is 49.0 Å². The molecule has 0 spiro atoms. The van der Waals surface area contributed by atoms with E-state index in [0.717, 1.165) is 66.6 Å². The van der Waals surface area contributed by atoms with Crippen LogP contribution in [0.5, 0.6) is 0 Å². The SMILES string of the molecule is COCc1ccc(-c2nccnc2N2CCN(C/C(C=Nc3ccccc3)=C/N)CC2)cc1. The lowest BCUT2D eigenvalue weighted by atomic mass is 10.1. The van der Waals surface area contributed by atoms with Crippen molar-refractivity contribution >= 4 is 17.7 Å². The molecule has 2 aromatic carbocycles. The first-order valence-electron chi connectivity index (χ1n) is 11.1. The fourth-order valence-corrected chi connectivity index (χ4v) is 3.88. The fourth-order valence-electron chi connectivity index (χ4n) is 3.88. The van der Waals surface area contributed by atoms with E-state index in [1.54, 1.807) is 25.7 Å². The molecule has 1 aliphatic heterocycles. The summed E-state index contributed by atoms with van der Waals surface area (Å²) in [6, 6.07) is 18.2. The first-order chi connectivity index (χ1) is 16.3. The predicted molar refractivity (Wildman–Crippen MR) is 134 cm³/mol. The second-order valence-corrected chi connectivity index (χ2v) is 7.96. The molecule has 1 fully saturated rings. The highest BCUT2D eigenvalue weighted by Gasteiger charge is 2.21. The number of piperazine rings is 1. The topological polar surface area (TPSA) is 79.9 Å². The van der Waals surface area contributed by atoms with Crippen LogP contribution in [0.1, 0.15) is 5.56 Å². The summed E-state index contributed by atoms with van der Waals surface area (Å²) >= 11 is 0. The predicted octanol–water partition coefficient (Wildman–Crippen LogP) is 3.66. The molecule has 3 aromatic rings. The summed E-state index contributed by atoms with van der Waals surface area (Å²) in [4.78, 5) is 18.5. The monoisotopic (exact) mass is 442 g/mol. The van der Waals surface area contributed by atoms with Crippen molar-refractivity contribution in [3.05, 3.63) is 84.3 Å². The summed E-state index contributed by atoms with van der Waals surface area (Å²) in [5, 5.41) is 0. The lowest BCUT2D eigenvalue weighted by molar-refractivity contribution is 0.185. The van der Waals surface area contributed by atoms with Gasteiger partial charge in [-0.3, -0.25) is 14.9 Å². The van der Waals surface area contributed by atoms with Gasteiger partial charge in [0.1, 0.15) is 5.69 Å². The van der Waals surface area contributed by atoms with Crippen LogP contribution in [0.15, 0.2) is 83.8 Å². The maximum absolute atomic E-state index is 5.87. The van der Waals surface area contributed by atoms with E-state index in [1.807, 2.05) is 36.5 Å². The first kappa shape index (κ1) is 22.6. The Morgan fingerprint density at radius 3 is 2.42 bits per heavy atom. The van der Waals surface area contributed by atoms with E-state index in [4.69, 9.17) is 10.5 Å². The molecule has 0 aliphatic carbocycles. The van der Waals surface area contributed by atoms with Crippen LogP contribution in [-0.4, -0.2) is 60.9 Å². The Morgan fingerprint density at radius 1 is 1.00 bits per heavy atom. The summed E-state index contributed by atoms with van der Waals surface area (Å²) in [6.45, 7) is 4.96. The molecule has 0 unspecified atom stereocenters. The fraction of sp³-hybridized carbons (Fsp3) is 0.269. The molecule has 1 aliphatic rings. The molecule has 0 radical (unpaired) electrons. The highest BCUT2D eigenvalue weighted by atomic mass is 16.5. The molecule has 4 rings (SSSR count). The Kier molecular flexibility index (Phi) is 7.79. The number of hydrogen-bond acceptors (Lipinski definition) is 7. The molecule has 7 heteroatoms. The Balaban J connectivity index is 1.38. The van der Waals surface area contributed by atoms with Crippen LogP contribution < -0.4 is 10.6 Å². The summed E-state index contributed by atoms with van der Waals surface area (Å²) < 4.78 is 5.21. The number of aliphatic imine (C=N–C) groups is 1. The van der Waals surface area contributed by atoms with Crippen LogP contribution in [0, 0.1) is 0 Å². The highest BCUT2D eigenvalue weighted by Crippen LogP contribution is 2.27. The smallest absolute Gasteiger partial charge is 0.155 e. The van der Waals surface area contributed by atoms with Gasteiger partial charge in [-0.2, -0.15) is 0 Å². The maximum atomic E-state index is 5.87. The molecule has 33 heavy (non-hydrogen) atoms. The van der Waals surface area contributed by atoms with Gasteiger partial charge in [0, 0.05) is 64.0 Å². The van der Waals surface area contributed by atoms with Gasteiger partial charge in [-0.25, -0.2) is 4.98 Å². The standard InChI is InChI=1S/C26H30N6O/c1-33-20-21-7-9-23(10-8-21)25-26(29-12-11-28-25)32-15-13-31(14-16-32)19-22(17-27)18-30-24-5-3-2-4-6-24/h2-12,17-18H,13-16,19-20,27H2,1H3/b22-17+,30-18?. The van der Waals surface area contributed by atoms with Gasteiger partial charge >= 0.3 is 0 Å². The van der Waals surface area contributed by atoms with Crippen LogP contribution in [0.25, 0.3) is 11.3 Å². The van der Waals surface area contributed by atoms with E-state index in [-0.39, 0.29) is 0 Å². The molecule has 2 heterocycles. The zero-order chi connectivity index (χ0) is 22.9. The number of nitrogens with two attached hydrogens (primary N) is 1. The molecule has 170 valence electrons. The number of anilines is 1. The third-order valence-electron chi connectivity index (χ3n) is 5.65. The van der Waals surface area contributed by atoms with Gasteiger partial charge in [0.05, 0.1) is 12.3 Å². The number of methoxy groups -OCH3 is 1. The van der Waals surface area contributed by atoms with E-state index in [0.29, 0.717) is 6.61 Å². The highest BCUT2D eigenvalue weighted by molar-refractivity contribution is 5.81. The normalized spacial score (nSPS) is 15.3. The summed E-state index contributed by atoms with van der Waals surface area (Å²) in [7, 11) is 1.71. The third kappa shape index (κ3) is 6.03. The number of rotatable bonds is 8. The summed E-state index contributed by atoms with van der Waals surface area (Å²) in [6.07, 6.45) is 7.02. The Morgan fingerprint density at radius 2 is 1.73 bits per heavy atom. The zero-order valence-electron chi connectivity index (χ0n) is 19.0. The van der Waals surface area contributed by atoms with E-state index in [1.165, 1.54) is 0 Å². The quantitative estimate of drug-likeness (QED) is 0.537. The van der Waals surface area contributed by atoms with Gasteiger partial charge in [0.15, 0.2) is 5.82 Å². The second-order valence-electron chi connectivity index (χ2n) is 7.96. The van der Waals surface area contributed by atoms with Crippen LogP contribution in [-0.2, 0) is 11.3 Å². The zero-order valence-corrected chi connectivity index (χ0v) is 19.0. The van der Waals surface area contributed by atoms with Crippen LogP contribution >= 0.6 is 0 Å². The third-order valence-corrected chi connectivity index (χ3v) is 5.65. The van der Waals surface area contributed by atoms with Gasteiger partial charge in [-0.15, -0.1) is 0 Å². The molecule has 0 bridgehead atoms. The van der Waals surface area contributed by atoms with E-state index >= 15 is 0 Å². The number of benzene rings is 2. The van der Waals surface area contributed by atoms with Crippen molar-refractivity contribution in [2.24, 2.45) is 10.7 Å². The van der Waals surface area contributed by atoms with Gasteiger partial charge in [0.25, 0.3) is 0 Å². The molecule has 2 N–H and O–H groups in total. The van der Waals surface area contributed by atoms with Gasteiger partial charge in [-0.1, -0.05) is 42.5 Å². The minimum atomic E-state index is 0.602. The Bertz CT molecular complexity index is 1070. The largest absolute Gasteiger partial charge is 0.404 e. The molecule has 0 saturated carbocycles. The number of para-hydroxylation sites is 1. The van der Waals surface area contributed by atoms with Crippen molar-refractivity contribution in [3.8, 4) is 11.3 Å². The maximum Gasteiger partial charge on any atom is 0.155 e.